The van der Waals surface area contributed by atoms with E-state index in [4.69, 9.17) is 0 Å². The molecule has 1 N–H and O–H groups in total. The van der Waals surface area contributed by atoms with E-state index < -0.39 is 0 Å². The smallest absolute Gasteiger partial charge is 0.119 e. The van der Waals surface area contributed by atoms with Crippen LogP contribution < -0.4 is 0 Å². The Morgan fingerprint density at radius 2 is 1.04 bits per heavy atom. The number of hydrogen-bond acceptors (Lipinski definition) is 1. The van der Waals surface area contributed by atoms with Crippen LogP contribution in [0.25, 0.3) is 0 Å². The average Bonchev–Trinajstić information content (AvgIpc) is 2.65. The van der Waals surface area contributed by atoms with Gasteiger partial charge >= 0.3 is 0 Å². The zero-order valence-electron chi connectivity index (χ0n) is 17.7. The minimum absolute atomic E-state index is 0.520. The molecule has 0 radical (unpaired) electrons. The second kappa shape index (κ2) is 16.2. The first-order valence-electron chi connectivity index (χ1n) is 11.6. The number of rotatable bonds is 17. The van der Waals surface area contributed by atoms with Crippen LogP contribution in [0.4, 0.5) is 0 Å². The molecule has 0 fully saturated rings. The fourth-order valence-electron chi connectivity index (χ4n) is 3.85. The molecule has 1 aromatic rings. The van der Waals surface area contributed by atoms with Crippen LogP contribution in [0.2, 0.25) is 0 Å². The van der Waals surface area contributed by atoms with Gasteiger partial charge in [-0.15, -0.1) is 0 Å². The molecule has 0 aliphatic carbocycles. The van der Waals surface area contributed by atoms with Gasteiger partial charge in [-0.3, -0.25) is 0 Å². The summed E-state index contributed by atoms with van der Waals surface area (Å²) >= 11 is 0. The predicted molar refractivity (Wildman–Crippen MR) is 116 cm³/mol. The molecule has 0 amide bonds. The average molecular weight is 361 g/mol. The Hall–Kier alpha value is -0.980. The van der Waals surface area contributed by atoms with Gasteiger partial charge in [-0.2, -0.15) is 0 Å². The summed E-state index contributed by atoms with van der Waals surface area (Å²) < 4.78 is 0. The summed E-state index contributed by atoms with van der Waals surface area (Å²) in [6.07, 6.45) is 22.4. The SMILES string of the molecule is CCCCCCCCCCCc1cccc(O)c1CCCCCCCC. The molecular weight excluding hydrogens is 316 g/mol. The molecule has 1 rings (SSSR count). The Morgan fingerprint density at radius 3 is 1.58 bits per heavy atom. The van der Waals surface area contributed by atoms with E-state index in [0.29, 0.717) is 5.75 Å². The van der Waals surface area contributed by atoms with Crippen molar-refractivity contribution >= 4 is 0 Å². The van der Waals surface area contributed by atoms with Crippen LogP contribution in [0, 0.1) is 0 Å². The van der Waals surface area contributed by atoms with Gasteiger partial charge in [-0.1, -0.05) is 109 Å². The van der Waals surface area contributed by atoms with E-state index in [1.807, 2.05) is 12.1 Å². The lowest BCUT2D eigenvalue weighted by atomic mass is 9.95. The molecular formula is C25H44O. The molecule has 0 saturated heterocycles. The molecule has 1 nitrogen and oxygen atoms in total. The van der Waals surface area contributed by atoms with Crippen LogP contribution in [0.1, 0.15) is 121 Å². The molecule has 1 aromatic carbocycles. The van der Waals surface area contributed by atoms with Crippen molar-refractivity contribution in [3.05, 3.63) is 29.3 Å². The van der Waals surface area contributed by atoms with Crippen LogP contribution in [0.15, 0.2) is 18.2 Å². The fourth-order valence-corrected chi connectivity index (χ4v) is 3.85. The molecule has 0 bridgehead atoms. The van der Waals surface area contributed by atoms with E-state index in [1.54, 1.807) is 0 Å². The number of phenols is 1. The number of benzene rings is 1. The Balaban J connectivity index is 2.21. The predicted octanol–water partition coefficient (Wildman–Crippen LogP) is 8.37. The van der Waals surface area contributed by atoms with Crippen molar-refractivity contribution in [2.24, 2.45) is 0 Å². The van der Waals surface area contributed by atoms with E-state index in [9.17, 15) is 5.11 Å². The molecule has 0 heterocycles. The standard InChI is InChI=1S/C25H44O/c1-3-5-7-9-11-12-13-14-16-19-23-20-18-22-25(26)24(23)21-17-15-10-8-6-4-2/h18,20,22,26H,3-17,19,21H2,1-2H3. The highest BCUT2D eigenvalue weighted by atomic mass is 16.3. The van der Waals surface area contributed by atoms with Gasteiger partial charge in [0.2, 0.25) is 0 Å². The molecule has 150 valence electrons. The van der Waals surface area contributed by atoms with Crippen molar-refractivity contribution < 1.29 is 5.11 Å². The van der Waals surface area contributed by atoms with Gasteiger partial charge in [-0.05, 0) is 42.9 Å². The quantitative estimate of drug-likeness (QED) is 0.277. The summed E-state index contributed by atoms with van der Waals surface area (Å²) in [6.45, 7) is 4.54. The lowest BCUT2D eigenvalue weighted by Gasteiger charge is -2.12. The first-order valence-corrected chi connectivity index (χ1v) is 11.6. The van der Waals surface area contributed by atoms with Gasteiger partial charge in [0.15, 0.2) is 0 Å². The maximum atomic E-state index is 10.3. The summed E-state index contributed by atoms with van der Waals surface area (Å²) in [5.74, 6) is 0.520. The normalized spacial score (nSPS) is 11.2. The maximum absolute atomic E-state index is 10.3. The lowest BCUT2D eigenvalue weighted by Crippen LogP contribution is -1.96. The maximum Gasteiger partial charge on any atom is 0.119 e. The molecule has 0 aliphatic heterocycles. The molecule has 0 atom stereocenters. The Bertz CT molecular complexity index is 438. The van der Waals surface area contributed by atoms with Gasteiger partial charge in [0.1, 0.15) is 5.75 Å². The lowest BCUT2D eigenvalue weighted by molar-refractivity contribution is 0.464. The number of phenolic OH excluding ortho intramolecular Hbond substituents is 1. The van der Waals surface area contributed by atoms with E-state index in [1.165, 1.54) is 107 Å². The Kier molecular flexibility index (Phi) is 14.4. The van der Waals surface area contributed by atoms with Crippen molar-refractivity contribution in [2.75, 3.05) is 0 Å². The Morgan fingerprint density at radius 1 is 0.577 bits per heavy atom. The number of hydrogen-bond donors (Lipinski definition) is 1. The summed E-state index contributed by atoms with van der Waals surface area (Å²) in [4.78, 5) is 0. The highest BCUT2D eigenvalue weighted by Crippen LogP contribution is 2.25. The van der Waals surface area contributed by atoms with Gasteiger partial charge in [0.05, 0.1) is 0 Å². The van der Waals surface area contributed by atoms with Crippen LogP contribution >= 0.6 is 0 Å². The summed E-state index contributed by atoms with van der Waals surface area (Å²) in [5, 5.41) is 10.3. The third-order valence-corrected chi connectivity index (χ3v) is 5.58. The summed E-state index contributed by atoms with van der Waals surface area (Å²) in [7, 11) is 0. The number of aromatic hydroxyl groups is 1. The monoisotopic (exact) mass is 360 g/mol. The van der Waals surface area contributed by atoms with Crippen LogP contribution in [-0.2, 0) is 12.8 Å². The second-order valence-corrected chi connectivity index (χ2v) is 8.01. The molecule has 0 unspecified atom stereocenters. The van der Waals surface area contributed by atoms with Crippen molar-refractivity contribution in [2.45, 2.75) is 123 Å². The van der Waals surface area contributed by atoms with E-state index >= 15 is 0 Å². The molecule has 0 spiro atoms. The second-order valence-electron chi connectivity index (χ2n) is 8.01. The number of unbranched alkanes of at least 4 members (excludes halogenated alkanes) is 13. The molecule has 0 aliphatic rings. The number of aryl methyl sites for hydroxylation is 1. The first-order chi connectivity index (χ1) is 12.8. The van der Waals surface area contributed by atoms with Crippen molar-refractivity contribution in [3.63, 3.8) is 0 Å². The summed E-state index contributed by atoms with van der Waals surface area (Å²) in [5.41, 5.74) is 2.61. The third-order valence-electron chi connectivity index (χ3n) is 5.58. The van der Waals surface area contributed by atoms with E-state index in [0.717, 1.165) is 12.8 Å². The van der Waals surface area contributed by atoms with Crippen LogP contribution in [0.5, 0.6) is 5.75 Å². The van der Waals surface area contributed by atoms with Crippen LogP contribution in [-0.4, -0.2) is 5.11 Å². The third kappa shape index (κ3) is 10.9. The minimum atomic E-state index is 0.520. The highest BCUT2D eigenvalue weighted by Gasteiger charge is 2.07. The largest absolute Gasteiger partial charge is 0.508 e. The first kappa shape index (κ1) is 23.1. The van der Waals surface area contributed by atoms with Gasteiger partial charge in [0.25, 0.3) is 0 Å². The van der Waals surface area contributed by atoms with Gasteiger partial charge in [-0.25, -0.2) is 0 Å². The zero-order valence-corrected chi connectivity index (χ0v) is 17.7. The van der Waals surface area contributed by atoms with Gasteiger partial charge in [0, 0.05) is 0 Å². The molecule has 1 heteroatoms. The molecule has 0 aromatic heterocycles. The topological polar surface area (TPSA) is 20.2 Å². The summed E-state index contributed by atoms with van der Waals surface area (Å²) in [6, 6.07) is 6.12. The van der Waals surface area contributed by atoms with Gasteiger partial charge < -0.3 is 5.11 Å². The zero-order chi connectivity index (χ0) is 18.9. The molecule has 26 heavy (non-hydrogen) atoms. The van der Waals surface area contributed by atoms with Crippen molar-refractivity contribution in [1.29, 1.82) is 0 Å². The molecule has 0 saturated carbocycles. The van der Waals surface area contributed by atoms with Crippen LogP contribution in [0.3, 0.4) is 0 Å². The van der Waals surface area contributed by atoms with E-state index in [-0.39, 0.29) is 0 Å². The Labute approximate surface area is 163 Å². The minimum Gasteiger partial charge on any atom is -0.508 e. The van der Waals surface area contributed by atoms with Crippen molar-refractivity contribution in [3.8, 4) is 5.75 Å². The van der Waals surface area contributed by atoms with Crippen molar-refractivity contribution in [1.82, 2.24) is 0 Å². The fraction of sp³-hybridized carbons (Fsp3) is 0.760. The van der Waals surface area contributed by atoms with E-state index in [2.05, 4.69) is 19.9 Å². The highest BCUT2D eigenvalue weighted by molar-refractivity contribution is 5.39.